The van der Waals surface area contributed by atoms with Gasteiger partial charge in [-0.05, 0) is 49.3 Å². The number of allylic oxidation sites excluding steroid dienone is 2. The first-order valence-electron chi connectivity index (χ1n) is 11.3. The fourth-order valence-electron chi connectivity index (χ4n) is 5.07. The number of amides is 2. The van der Waals surface area contributed by atoms with Crippen LogP contribution in [0.5, 0.6) is 0 Å². The number of benzene rings is 1. The Balaban J connectivity index is 1.27. The van der Waals surface area contributed by atoms with Gasteiger partial charge < -0.3 is 15.5 Å². The summed E-state index contributed by atoms with van der Waals surface area (Å²) in [6, 6.07) is 8.50. The van der Waals surface area contributed by atoms with Crippen LogP contribution in [0.1, 0.15) is 18.9 Å². The molecule has 4 atom stereocenters. The first-order chi connectivity index (χ1) is 15.0. The summed E-state index contributed by atoms with van der Waals surface area (Å²) in [5, 5.41) is 6.51. The number of hydrogen-bond donors (Lipinski definition) is 2. The van der Waals surface area contributed by atoms with Crippen LogP contribution in [0.15, 0.2) is 41.4 Å². The van der Waals surface area contributed by atoms with E-state index in [-0.39, 0.29) is 35.5 Å². The molecule has 2 N–H and O–H groups in total. The highest BCUT2D eigenvalue weighted by Gasteiger charge is 2.58. The monoisotopic (exact) mass is 423 g/mol. The molecular weight excluding hydrogens is 390 g/mol. The number of imide groups is 1. The molecule has 4 rings (SSSR count). The minimum absolute atomic E-state index is 0.0109. The highest BCUT2D eigenvalue weighted by Crippen LogP contribution is 2.52. The second-order valence-electron chi connectivity index (χ2n) is 8.83. The minimum Gasteiger partial charge on any atom is -0.378 e. The second kappa shape index (κ2) is 9.12. The maximum absolute atomic E-state index is 12.8. The Kier molecular flexibility index (Phi) is 6.30. The molecule has 31 heavy (non-hydrogen) atoms. The molecule has 2 aliphatic carbocycles. The van der Waals surface area contributed by atoms with Crippen LogP contribution in [0.4, 0.5) is 5.69 Å². The molecule has 0 radical (unpaired) electrons. The summed E-state index contributed by atoms with van der Waals surface area (Å²) in [4.78, 5) is 33.7. The molecule has 1 heterocycles. The van der Waals surface area contributed by atoms with Crippen LogP contribution < -0.4 is 15.5 Å². The number of rotatable bonds is 8. The Bertz CT molecular complexity index is 846. The standard InChI is InChI=1S/C24H33N5O2/c1-4-25-24(26-12-11-16-5-9-19(10-6-16)28(2)3)27-13-14-29-22(30)20-17-7-8-18(15-17)21(20)23(29)31/h5-10,17-18,20-21H,4,11-15H2,1-3H3,(H2,25,26,27). The predicted octanol–water partition coefficient (Wildman–Crippen LogP) is 1.66. The van der Waals surface area contributed by atoms with Crippen molar-refractivity contribution >= 4 is 23.5 Å². The summed E-state index contributed by atoms with van der Waals surface area (Å²) in [5.41, 5.74) is 2.43. The van der Waals surface area contributed by atoms with Crippen LogP contribution in [-0.4, -0.2) is 62.9 Å². The molecule has 2 fully saturated rings. The Morgan fingerprint density at radius 2 is 1.71 bits per heavy atom. The summed E-state index contributed by atoms with van der Waals surface area (Å²) in [6.07, 6.45) is 6.08. The van der Waals surface area contributed by atoms with Crippen LogP contribution >= 0.6 is 0 Å². The van der Waals surface area contributed by atoms with E-state index in [1.807, 2.05) is 21.0 Å². The second-order valence-corrected chi connectivity index (χ2v) is 8.83. The Morgan fingerprint density at radius 3 is 2.29 bits per heavy atom. The van der Waals surface area contributed by atoms with Gasteiger partial charge in [0, 0.05) is 46.0 Å². The van der Waals surface area contributed by atoms with E-state index in [1.54, 1.807) is 0 Å². The summed E-state index contributed by atoms with van der Waals surface area (Å²) in [6.45, 7) is 4.33. The van der Waals surface area contributed by atoms with Crippen molar-refractivity contribution in [2.75, 3.05) is 45.2 Å². The van der Waals surface area contributed by atoms with Gasteiger partial charge in [0.15, 0.2) is 5.96 Å². The number of nitrogens with zero attached hydrogens (tertiary/aromatic N) is 3. The van der Waals surface area contributed by atoms with Gasteiger partial charge in [0.2, 0.25) is 11.8 Å². The predicted molar refractivity (Wildman–Crippen MR) is 123 cm³/mol. The average Bonchev–Trinajstić information content (AvgIpc) is 3.44. The maximum atomic E-state index is 12.8. The third-order valence-corrected chi connectivity index (χ3v) is 6.66. The van der Waals surface area contributed by atoms with E-state index in [9.17, 15) is 9.59 Å². The van der Waals surface area contributed by atoms with Gasteiger partial charge >= 0.3 is 0 Å². The highest BCUT2D eigenvalue weighted by molar-refractivity contribution is 6.06. The molecule has 1 aromatic carbocycles. The molecule has 7 heteroatoms. The van der Waals surface area contributed by atoms with Crippen LogP contribution in [0, 0.1) is 23.7 Å². The summed E-state index contributed by atoms with van der Waals surface area (Å²) < 4.78 is 0. The van der Waals surface area contributed by atoms with E-state index in [2.05, 4.69) is 56.9 Å². The van der Waals surface area contributed by atoms with Gasteiger partial charge in [-0.1, -0.05) is 24.3 Å². The zero-order valence-electron chi connectivity index (χ0n) is 18.7. The maximum Gasteiger partial charge on any atom is 0.233 e. The molecule has 0 spiro atoms. The third-order valence-electron chi connectivity index (χ3n) is 6.66. The van der Waals surface area contributed by atoms with E-state index in [1.165, 1.54) is 16.2 Å². The van der Waals surface area contributed by atoms with Crippen molar-refractivity contribution in [3.63, 3.8) is 0 Å². The largest absolute Gasteiger partial charge is 0.378 e. The van der Waals surface area contributed by atoms with Crippen molar-refractivity contribution in [2.45, 2.75) is 19.8 Å². The lowest BCUT2D eigenvalue weighted by atomic mass is 9.85. The number of anilines is 1. The Hall–Kier alpha value is -2.83. The number of carbonyl (C=O) groups excluding carboxylic acids is 2. The van der Waals surface area contributed by atoms with Crippen LogP contribution in [0.3, 0.4) is 0 Å². The summed E-state index contributed by atoms with van der Waals surface area (Å²) >= 11 is 0. The molecule has 4 unspecified atom stereocenters. The number of hydrogen-bond acceptors (Lipinski definition) is 4. The van der Waals surface area contributed by atoms with Crippen molar-refractivity contribution in [2.24, 2.45) is 28.7 Å². The van der Waals surface area contributed by atoms with E-state index in [0.29, 0.717) is 25.6 Å². The van der Waals surface area contributed by atoms with Gasteiger partial charge in [-0.3, -0.25) is 19.5 Å². The van der Waals surface area contributed by atoms with Crippen molar-refractivity contribution in [1.82, 2.24) is 15.5 Å². The molecular formula is C24H33N5O2. The van der Waals surface area contributed by atoms with Gasteiger partial charge in [-0.2, -0.15) is 0 Å². The van der Waals surface area contributed by atoms with Gasteiger partial charge in [0.25, 0.3) is 0 Å². The Labute approximate surface area is 184 Å². The number of likely N-dealkylation sites (tertiary alicyclic amines) is 1. The van der Waals surface area contributed by atoms with E-state index in [0.717, 1.165) is 19.4 Å². The molecule has 1 aromatic rings. The topological polar surface area (TPSA) is 77.0 Å². The zero-order chi connectivity index (χ0) is 22.0. The van der Waals surface area contributed by atoms with Crippen molar-refractivity contribution in [1.29, 1.82) is 0 Å². The number of nitrogens with one attached hydrogen (secondary N) is 2. The molecule has 166 valence electrons. The number of guanidine groups is 1. The first kappa shape index (κ1) is 21.4. The molecule has 1 saturated heterocycles. The van der Waals surface area contributed by atoms with Crippen molar-refractivity contribution < 1.29 is 9.59 Å². The van der Waals surface area contributed by atoms with Crippen LogP contribution in [0.25, 0.3) is 0 Å². The van der Waals surface area contributed by atoms with E-state index < -0.39 is 0 Å². The number of carbonyl (C=O) groups is 2. The average molecular weight is 424 g/mol. The van der Waals surface area contributed by atoms with Crippen LogP contribution in [0.2, 0.25) is 0 Å². The lowest BCUT2D eigenvalue weighted by Crippen LogP contribution is -2.43. The normalized spacial score (nSPS) is 26.5. The van der Waals surface area contributed by atoms with E-state index in [4.69, 9.17) is 0 Å². The summed E-state index contributed by atoms with van der Waals surface area (Å²) in [5.74, 6) is 1.01. The fraction of sp³-hybridized carbons (Fsp3) is 0.542. The number of fused-ring (bicyclic) bond motifs is 5. The smallest absolute Gasteiger partial charge is 0.233 e. The summed E-state index contributed by atoms with van der Waals surface area (Å²) in [7, 11) is 4.06. The van der Waals surface area contributed by atoms with Crippen molar-refractivity contribution in [3.05, 3.63) is 42.0 Å². The molecule has 1 aliphatic heterocycles. The van der Waals surface area contributed by atoms with E-state index >= 15 is 0 Å². The minimum atomic E-state index is -0.122. The highest BCUT2D eigenvalue weighted by atomic mass is 16.2. The lowest BCUT2D eigenvalue weighted by Gasteiger charge is -2.18. The molecule has 3 aliphatic rings. The Morgan fingerprint density at radius 1 is 1.06 bits per heavy atom. The SMILES string of the molecule is CCNC(=NCCc1ccc(N(C)C)cc1)NCCN1C(=O)C2C3C=CC(C3)C2C1=O. The molecule has 2 bridgehead atoms. The van der Waals surface area contributed by atoms with Gasteiger partial charge in [0.1, 0.15) is 0 Å². The van der Waals surface area contributed by atoms with Gasteiger partial charge in [-0.15, -0.1) is 0 Å². The molecule has 2 amide bonds. The third kappa shape index (κ3) is 4.31. The van der Waals surface area contributed by atoms with Crippen molar-refractivity contribution in [3.8, 4) is 0 Å². The first-order valence-corrected chi connectivity index (χ1v) is 11.3. The van der Waals surface area contributed by atoms with Gasteiger partial charge in [0.05, 0.1) is 11.8 Å². The molecule has 0 aromatic heterocycles. The lowest BCUT2D eigenvalue weighted by molar-refractivity contribution is -0.140. The fourth-order valence-corrected chi connectivity index (χ4v) is 5.07. The molecule has 1 saturated carbocycles. The zero-order valence-corrected chi connectivity index (χ0v) is 18.7. The van der Waals surface area contributed by atoms with Crippen LogP contribution in [-0.2, 0) is 16.0 Å². The molecule has 7 nitrogen and oxygen atoms in total. The van der Waals surface area contributed by atoms with Gasteiger partial charge in [-0.25, -0.2) is 0 Å². The quantitative estimate of drug-likeness (QED) is 0.288. The number of aliphatic imine (C=N–C) groups is 1.